The number of carbonyl (C=O) groups is 1. The van der Waals surface area contributed by atoms with Crippen LogP contribution in [-0.2, 0) is 10.0 Å². The van der Waals surface area contributed by atoms with E-state index in [1.165, 1.54) is 12.3 Å². The number of benzene rings is 1. The molecule has 0 unspecified atom stereocenters. The number of fused-ring (bicyclic) bond motifs is 1. The van der Waals surface area contributed by atoms with Crippen molar-refractivity contribution in [1.82, 2.24) is 0 Å². The molecule has 1 amide bonds. The zero-order valence-electron chi connectivity index (χ0n) is 16.3. The van der Waals surface area contributed by atoms with Crippen LogP contribution >= 0.6 is 0 Å². The summed E-state index contributed by atoms with van der Waals surface area (Å²) in [4.78, 5) is 14.3. The molecule has 1 aliphatic heterocycles. The maximum Gasteiger partial charge on any atom is 0.291 e. The lowest BCUT2D eigenvalue weighted by atomic mass is 10.1. The largest absolute Gasteiger partial charge is 0.459 e. The molecule has 150 valence electrons. The minimum absolute atomic E-state index is 0.105. The number of hydrogen-bond acceptors (Lipinski definition) is 5. The number of amidine groups is 1. The first kappa shape index (κ1) is 20.1. The van der Waals surface area contributed by atoms with Crippen LogP contribution in [0, 0.1) is 5.92 Å². The molecule has 0 fully saturated rings. The van der Waals surface area contributed by atoms with Gasteiger partial charge in [-0.1, -0.05) is 27.2 Å². The second kappa shape index (κ2) is 8.18. The van der Waals surface area contributed by atoms with Crippen LogP contribution < -0.4 is 10.2 Å². The lowest BCUT2D eigenvalue weighted by molar-refractivity contribution is 0.0996. The highest BCUT2D eigenvalue weighted by Gasteiger charge is 2.31. The van der Waals surface area contributed by atoms with E-state index in [0.717, 1.165) is 12.8 Å². The smallest absolute Gasteiger partial charge is 0.291 e. The number of unbranched alkanes of at least 4 members (excludes halogenated alkanes) is 1. The Morgan fingerprint density at radius 3 is 2.71 bits per heavy atom. The molecule has 2 aromatic rings. The SMILES string of the molecule is CCCCN1C(CC(C)C)=NS(=O)(=O)c2cc(NC(=O)c3ccco3)ccc21. The van der Waals surface area contributed by atoms with Gasteiger partial charge in [0.15, 0.2) is 5.76 Å². The van der Waals surface area contributed by atoms with E-state index in [2.05, 4.69) is 16.6 Å². The topological polar surface area (TPSA) is 92.0 Å². The Balaban J connectivity index is 1.97. The highest BCUT2D eigenvalue weighted by Crippen LogP contribution is 2.35. The van der Waals surface area contributed by atoms with Crippen molar-refractivity contribution in [2.45, 2.75) is 44.9 Å². The molecule has 0 radical (unpaired) electrons. The van der Waals surface area contributed by atoms with Crippen molar-refractivity contribution in [2.24, 2.45) is 10.3 Å². The molecular formula is C20H25N3O4S. The van der Waals surface area contributed by atoms with E-state index in [9.17, 15) is 13.2 Å². The first-order chi connectivity index (χ1) is 13.3. The minimum atomic E-state index is -3.84. The average Bonchev–Trinajstić information content (AvgIpc) is 3.16. The van der Waals surface area contributed by atoms with Crippen LogP contribution in [-0.4, -0.2) is 26.7 Å². The molecule has 0 bridgehead atoms. The number of nitrogens with one attached hydrogen (secondary N) is 1. The number of carbonyl (C=O) groups excluding carboxylic acids is 1. The molecule has 0 saturated carbocycles. The Hall–Kier alpha value is -2.61. The third-order valence-corrected chi connectivity index (χ3v) is 5.73. The predicted octanol–water partition coefficient (Wildman–Crippen LogP) is 4.29. The normalized spacial score (nSPS) is 15.3. The highest BCUT2D eigenvalue weighted by molar-refractivity contribution is 7.90. The van der Waals surface area contributed by atoms with E-state index in [-0.39, 0.29) is 16.6 Å². The Morgan fingerprint density at radius 1 is 1.29 bits per heavy atom. The molecule has 7 nitrogen and oxygen atoms in total. The molecule has 0 spiro atoms. The van der Waals surface area contributed by atoms with E-state index in [1.807, 2.05) is 18.7 Å². The monoisotopic (exact) mass is 403 g/mol. The summed E-state index contributed by atoms with van der Waals surface area (Å²) in [6.45, 7) is 6.86. The van der Waals surface area contributed by atoms with Gasteiger partial charge in [0, 0.05) is 18.7 Å². The van der Waals surface area contributed by atoms with E-state index in [4.69, 9.17) is 4.42 Å². The molecule has 0 atom stereocenters. The number of nitrogens with zero attached hydrogens (tertiary/aromatic N) is 2. The third kappa shape index (κ3) is 4.27. The van der Waals surface area contributed by atoms with Gasteiger partial charge in [0.1, 0.15) is 10.7 Å². The van der Waals surface area contributed by atoms with Gasteiger partial charge in [-0.05, 0) is 42.7 Å². The molecular weight excluding hydrogens is 378 g/mol. The summed E-state index contributed by atoms with van der Waals surface area (Å²) in [6.07, 6.45) is 3.90. The van der Waals surface area contributed by atoms with Crippen LogP contribution in [0.5, 0.6) is 0 Å². The molecule has 1 aromatic heterocycles. The van der Waals surface area contributed by atoms with Gasteiger partial charge in [-0.25, -0.2) is 0 Å². The first-order valence-corrected chi connectivity index (χ1v) is 10.9. The Bertz CT molecular complexity index is 979. The van der Waals surface area contributed by atoms with Crippen molar-refractivity contribution in [1.29, 1.82) is 0 Å². The number of sulfonamides is 1. The fourth-order valence-corrected chi connectivity index (χ4v) is 4.34. The summed E-state index contributed by atoms with van der Waals surface area (Å²) in [5.41, 5.74) is 0.983. The predicted molar refractivity (Wildman–Crippen MR) is 109 cm³/mol. The molecule has 1 aromatic carbocycles. The molecule has 1 N–H and O–H groups in total. The van der Waals surface area contributed by atoms with Crippen molar-refractivity contribution in [3.8, 4) is 0 Å². The Morgan fingerprint density at radius 2 is 2.07 bits per heavy atom. The summed E-state index contributed by atoms with van der Waals surface area (Å²) in [6, 6.07) is 8.05. The van der Waals surface area contributed by atoms with E-state index < -0.39 is 15.9 Å². The van der Waals surface area contributed by atoms with Crippen molar-refractivity contribution in [3.63, 3.8) is 0 Å². The third-order valence-electron chi connectivity index (χ3n) is 4.39. The summed E-state index contributed by atoms with van der Waals surface area (Å²) in [5, 5.41) is 2.67. The molecule has 1 aliphatic rings. The molecule has 8 heteroatoms. The van der Waals surface area contributed by atoms with Crippen LogP contribution in [0.2, 0.25) is 0 Å². The van der Waals surface area contributed by atoms with E-state index >= 15 is 0 Å². The average molecular weight is 404 g/mol. The second-order valence-electron chi connectivity index (χ2n) is 7.20. The van der Waals surface area contributed by atoms with Crippen molar-refractivity contribution < 1.29 is 17.6 Å². The fourth-order valence-electron chi connectivity index (χ4n) is 3.08. The van der Waals surface area contributed by atoms with Gasteiger partial charge in [0.2, 0.25) is 0 Å². The Kier molecular flexibility index (Phi) is 5.88. The summed E-state index contributed by atoms with van der Waals surface area (Å²) in [7, 11) is -3.84. The molecule has 3 rings (SSSR count). The summed E-state index contributed by atoms with van der Waals surface area (Å²) < 4.78 is 34.8. The van der Waals surface area contributed by atoms with Crippen LogP contribution in [0.15, 0.2) is 50.3 Å². The van der Waals surface area contributed by atoms with Gasteiger partial charge >= 0.3 is 0 Å². The second-order valence-corrected chi connectivity index (χ2v) is 8.77. The number of amides is 1. The lowest BCUT2D eigenvalue weighted by Crippen LogP contribution is -2.37. The van der Waals surface area contributed by atoms with Crippen molar-refractivity contribution >= 4 is 33.1 Å². The summed E-state index contributed by atoms with van der Waals surface area (Å²) >= 11 is 0. The van der Waals surface area contributed by atoms with Crippen molar-refractivity contribution in [3.05, 3.63) is 42.4 Å². The summed E-state index contributed by atoms with van der Waals surface area (Å²) in [5.74, 6) is 0.571. The number of anilines is 2. The first-order valence-electron chi connectivity index (χ1n) is 9.42. The van der Waals surface area contributed by atoms with Gasteiger partial charge in [0.25, 0.3) is 15.9 Å². The zero-order chi connectivity index (χ0) is 20.3. The van der Waals surface area contributed by atoms with Crippen LogP contribution in [0.1, 0.15) is 50.6 Å². The minimum Gasteiger partial charge on any atom is -0.459 e. The number of rotatable bonds is 7. The van der Waals surface area contributed by atoms with Gasteiger partial charge in [-0.3, -0.25) is 4.79 Å². The molecule has 0 aliphatic carbocycles. The van der Waals surface area contributed by atoms with Gasteiger partial charge in [-0.2, -0.15) is 8.42 Å². The number of hydrogen-bond donors (Lipinski definition) is 1. The quantitative estimate of drug-likeness (QED) is 0.745. The fraction of sp³-hybridized carbons (Fsp3) is 0.400. The molecule has 2 heterocycles. The maximum atomic E-state index is 12.8. The number of furan rings is 1. The van der Waals surface area contributed by atoms with Gasteiger partial charge < -0.3 is 14.6 Å². The zero-order valence-corrected chi connectivity index (χ0v) is 17.1. The standard InChI is InChI=1S/C20H25N3O4S/c1-4-5-10-23-16-9-8-15(21-20(24)17-7-6-11-27-17)13-18(16)28(25,26)22-19(23)12-14(2)3/h6-9,11,13-14H,4-5,10,12H2,1-3H3,(H,21,24). The molecule has 28 heavy (non-hydrogen) atoms. The maximum absolute atomic E-state index is 12.8. The van der Waals surface area contributed by atoms with Crippen molar-refractivity contribution in [2.75, 3.05) is 16.8 Å². The van der Waals surface area contributed by atoms with E-state index in [1.54, 1.807) is 24.3 Å². The van der Waals surface area contributed by atoms with Gasteiger partial charge in [0.05, 0.1) is 12.0 Å². The Labute approximate surface area is 165 Å². The van der Waals surface area contributed by atoms with Crippen LogP contribution in [0.4, 0.5) is 11.4 Å². The highest BCUT2D eigenvalue weighted by atomic mass is 32.2. The van der Waals surface area contributed by atoms with Crippen LogP contribution in [0.3, 0.4) is 0 Å². The van der Waals surface area contributed by atoms with E-state index in [0.29, 0.717) is 30.2 Å². The van der Waals surface area contributed by atoms with Crippen LogP contribution in [0.25, 0.3) is 0 Å². The lowest BCUT2D eigenvalue weighted by Gasteiger charge is -2.32. The molecule has 0 saturated heterocycles. The van der Waals surface area contributed by atoms with Gasteiger partial charge in [-0.15, -0.1) is 4.40 Å².